The van der Waals surface area contributed by atoms with Crippen LogP contribution in [-0.2, 0) is 16.6 Å². The van der Waals surface area contributed by atoms with E-state index in [-0.39, 0.29) is 23.5 Å². The van der Waals surface area contributed by atoms with E-state index < -0.39 is 21.4 Å². The van der Waals surface area contributed by atoms with Crippen LogP contribution < -0.4 is 5.73 Å². The van der Waals surface area contributed by atoms with E-state index in [1.54, 1.807) is 6.92 Å². The van der Waals surface area contributed by atoms with Gasteiger partial charge in [-0.1, -0.05) is 0 Å². The van der Waals surface area contributed by atoms with Gasteiger partial charge in [0.25, 0.3) is 0 Å². The summed E-state index contributed by atoms with van der Waals surface area (Å²) in [5, 5.41) is 10.0. The molecule has 1 fully saturated rings. The SMILES string of the molecule is CC1(O)CCCN(S(=O)(=O)c2ccc(F)c(CN)c2)C1. The van der Waals surface area contributed by atoms with Gasteiger partial charge in [-0.15, -0.1) is 0 Å². The molecule has 1 aliphatic rings. The van der Waals surface area contributed by atoms with Crippen LogP contribution in [0.4, 0.5) is 4.39 Å². The lowest BCUT2D eigenvalue weighted by Crippen LogP contribution is -2.48. The Bertz CT molecular complexity index is 602. The van der Waals surface area contributed by atoms with E-state index >= 15 is 0 Å². The third-order valence-corrected chi connectivity index (χ3v) is 5.36. The molecule has 0 amide bonds. The van der Waals surface area contributed by atoms with Crippen LogP contribution in [-0.4, -0.2) is 36.5 Å². The quantitative estimate of drug-likeness (QED) is 0.866. The molecule has 1 saturated heterocycles. The monoisotopic (exact) mass is 302 g/mol. The number of sulfonamides is 1. The molecular formula is C13H19FN2O3S. The van der Waals surface area contributed by atoms with E-state index in [0.717, 1.165) is 6.07 Å². The van der Waals surface area contributed by atoms with Gasteiger partial charge in [0.05, 0.1) is 10.5 Å². The highest BCUT2D eigenvalue weighted by Crippen LogP contribution is 2.26. The van der Waals surface area contributed by atoms with E-state index in [9.17, 15) is 17.9 Å². The van der Waals surface area contributed by atoms with Gasteiger partial charge in [0.1, 0.15) is 5.82 Å². The van der Waals surface area contributed by atoms with Crippen molar-refractivity contribution in [3.8, 4) is 0 Å². The van der Waals surface area contributed by atoms with Crippen molar-refractivity contribution < 1.29 is 17.9 Å². The molecule has 3 N–H and O–H groups in total. The number of nitrogens with two attached hydrogens (primary N) is 1. The number of β-amino-alcohol motifs (C(OH)–C–C–N with tert-alkyl or cyclic N) is 1. The summed E-state index contributed by atoms with van der Waals surface area (Å²) in [5.41, 5.74) is 4.53. The van der Waals surface area contributed by atoms with E-state index in [0.29, 0.717) is 19.4 Å². The predicted octanol–water partition coefficient (Wildman–Crippen LogP) is 0.820. The molecule has 5 nitrogen and oxygen atoms in total. The molecule has 1 aliphatic heterocycles. The minimum absolute atomic E-state index is 0.0112. The third kappa shape index (κ3) is 3.01. The van der Waals surface area contributed by atoms with Gasteiger partial charge in [0.15, 0.2) is 0 Å². The van der Waals surface area contributed by atoms with Crippen molar-refractivity contribution >= 4 is 10.0 Å². The minimum atomic E-state index is -3.73. The molecule has 2 rings (SSSR count). The van der Waals surface area contributed by atoms with Crippen molar-refractivity contribution in [2.45, 2.75) is 36.8 Å². The maximum Gasteiger partial charge on any atom is 0.243 e. The minimum Gasteiger partial charge on any atom is -0.389 e. The maximum absolute atomic E-state index is 13.4. The fourth-order valence-electron chi connectivity index (χ4n) is 2.40. The van der Waals surface area contributed by atoms with E-state index in [1.165, 1.54) is 16.4 Å². The molecule has 0 aliphatic carbocycles. The van der Waals surface area contributed by atoms with E-state index in [1.807, 2.05) is 0 Å². The Morgan fingerprint density at radius 1 is 1.50 bits per heavy atom. The van der Waals surface area contributed by atoms with Crippen molar-refractivity contribution in [1.82, 2.24) is 4.31 Å². The van der Waals surface area contributed by atoms with Gasteiger partial charge in [-0.3, -0.25) is 0 Å². The van der Waals surface area contributed by atoms with Gasteiger partial charge in [-0.25, -0.2) is 12.8 Å². The van der Waals surface area contributed by atoms with Gasteiger partial charge in [-0.05, 0) is 38.0 Å². The number of nitrogens with zero attached hydrogens (tertiary/aromatic N) is 1. The van der Waals surface area contributed by atoms with Gasteiger partial charge >= 0.3 is 0 Å². The second kappa shape index (κ2) is 5.40. The Kier molecular flexibility index (Phi) is 4.15. The zero-order chi connectivity index (χ0) is 15.0. The summed E-state index contributed by atoms with van der Waals surface area (Å²) >= 11 is 0. The Morgan fingerprint density at radius 2 is 2.20 bits per heavy atom. The molecule has 0 aromatic heterocycles. The average Bonchev–Trinajstić information content (AvgIpc) is 2.37. The summed E-state index contributed by atoms with van der Waals surface area (Å²) in [5.74, 6) is -0.517. The number of rotatable bonds is 3. The molecular weight excluding hydrogens is 283 g/mol. The van der Waals surface area contributed by atoms with Crippen LogP contribution in [0.5, 0.6) is 0 Å². The highest BCUT2D eigenvalue weighted by atomic mass is 32.2. The molecule has 1 unspecified atom stereocenters. The number of hydrogen-bond donors (Lipinski definition) is 2. The summed E-state index contributed by atoms with van der Waals surface area (Å²) in [6.07, 6.45) is 1.16. The highest BCUT2D eigenvalue weighted by molar-refractivity contribution is 7.89. The number of aliphatic hydroxyl groups is 1. The Balaban J connectivity index is 2.35. The molecule has 7 heteroatoms. The van der Waals surface area contributed by atoms with Crippen LogP contribution >= 0.6 is 0 Å². The van der Waals surface area contributed by atoms with Crippen molar-refractivity contribution in [1.29, 1.82) is 0 Å². The topological polar surface area (TPSA) is 83.6 Å². The zero-order valence-electron chi connectivity index (χ0n) is 11.3. The van der Waals surface area contributed by atoms with Crippen LogP contribution in [0.3, 0.4) is 0 Å². The molecule has 112 valence electrons. The number of hydrogen-bond acceptors (Lipinski definition) is 4. The lowest BCUT2D eigenvalue weighted by Gasteiger charge is -2.36. The van der Waals surface area contributed by atoms with Crippen LogP contribution in [0.25, 0.3) is 0 Å². The fourth-order valence-corrected chi connectivity index (χ4v) is 4.04. The summed E-state index contributed by atoms with van der Waals surface area (Å²) in [6, 6.07) is 3.60. The molecule has 1 aromatic carbocycles. The third-order valence-electron chi connectivity index (χ3n) is 3.51. The van der Waals surface area contributed by atoms with Crippen molar-refractivity contribution in [2.24, 2.45) is 5.73 Å². The van der Waals surface area contributed by atoms with Crippen LogP contribution in [0.15, 0.2) is 23.1 Å². The molecule has 1 heterocycles. The summed E-state index contributed by atoms with van der Waals surface area (Å²) in [4.78, 5) is 0.0112. The van der Waals surface area contributed by atoms with Crippen molar-refractivity contribution in [3.63, 3.8) is 0 Å². The largest absolute Gasteiger partial charge is 0.389 e. The highest BCUT2D eigenvalue weighted by Gasteiger charge is 2.35. The first-order chi connectivity index (χ1) is 9.26. The Labute approximate surface area is 118 Å². The lowest BCUT2D eigenvalue weighted by molar-refractivity contribution is 0.00940. The predicted molar refractivity (Wildman–Crippen MR) is 72.9 cm³/mol. The standard InChI is InChI=1S/C13H19FN2O3S/c1-13(17)5-2-6-16(9-13)20(18,19)11-3-4-12(14)10(7-11)8-15/h3-4,7,17H,2,5-6,8-9,15H2,1H3. The molecule has 1 aromatic rings. The van der Waals surface area contributed by atoms with Gasteiger partial charge in [0.2, 0.25) is 10.0 Å². The second-order valence-corrected chi connectivity index (χ2v) is 7.33. The van der Waals surface area contributed by atoms with Crippen LogP contribution in [0.2, 0.25) is 0 Å². The first kappa shape index (κ1) is 15.4. The maximum atomic E-state index is 13.4. The first-order valence-corrected chi connectivity index (χ1v) is 7.91. The summed E-state index contributed by atoms with van der Waals surface area (Å²) in [6.45, 7) is 1.95. The average molecular weight is 302 g/mol. The van der Waals surface area contributed by atoms with E-state index in [2.05, 4.69) is 0 Å². The number of halogens is 1. The Hall–Kier alpha value is -1.02. The van der Waals surface area contributed by atoms with Crippen molar-refractivity contribution in [2.75, 3.05) is 13.1 Å². The normalized spacial score (nSPS) is 24.8. The summed E-state index contributed by atoms with van der Waals surface area (Å²) < 4.78 is 39.6. The number of piperidine rings is 1. The molecule has 0 saturated carbocycles. The number of benzene rings is 1. The molecule has 20 heavy (non-hydrogen) atoms. The first-order valence-electron chi connectivity index (χ1n) is 6.47. The van der Waals surface area contributed by atoms with Gasteiger partial charge in [0, 0.05) is 25.2 Å². The van der Waals surface area contributed by atoms with Gasteiger partial charge < -0.3 is 10.8 Å². The second-order valence-electron chi connectivity index (χ2n) is 5.40. The van der Waals surface area contributed by atoms with Crippen molar-refractivity contribution in [3.05, 3.63) is 29.6 Å². The summed E-state index contributed by atoms with van der Waals surface area (Å²) in [7, 11) is -3.73. The van der Waals surface area contributed by atoms with Crippen LogP contribution in [0, 0.1) is 5.82 Å². The van der Waals surface area contributed by atoms with E-state index in [4.69, 9.17) is 5.73 Å². The smallest absolute Gasteiger partial charge is 0.243 e. The zero-order valence-corrected chi connectivity index (χ0v) is 12.2. The fraction of sp³-hybridized carbons (Fsp3) is 0.538. The molecule has 0 radical (unpaired) electrons. The molecule has 1 atom stereocenters. The molecule has 0 spiro atoms. The lowest BCUT2D eigenvalue weighted by atomic mass is 9.97. The van der Waals surface area contributed by atoms with Crippen LogP contribution in [0.1, 0.15) is 25.3 Å². The van der Waals surface area contributed by atoms with Gasteiger partial charge in [-0.2, -0.15) is 4.31 Å². The Morgan fingerprint density at radius 3 is 2.80 bits per heavy atom. The molecule has 0 bridgehead atoms.